The van der Waals surface area contributed by atoms with Gasteiger partial charge in [0.15, 0.2) is 0 Å². The minimum atomic E-state index is 0. The molecule has 1 fully saturated rings. The van der Waals surface area contributed by atoms with Crippen LogP contribution >= 0.6 is 0 Å². The Morgan fingerprint density at radius 1 is 1.45 bits per heavy atom. The summed E-state index contributed by atoms with van der Waals surface area (Å²) < 4.78 is 5.64. The van der Waals surface area contributed by atoms with E-state index in [4.69, 9.17) is 4.74 Å². The number of rotatable bonds is 5. The lowest BCUT2D eigenvalue weighted by Crippen LogP contribution is -2.21. The molecule has 0 aromatic carbocycles. The number of nitrogens with one attached hydrogen (secondary N) is 1. The lowest BCUT2D eigenvalue weighted by molar-refractivity contribution is 0.0606. The molecule has 0 atom stereocenters. The van der Waals surface area contributed by atoms with Crippen molar-refractivity contribution in [2.24, 2.45) is 0 Å². The van der Waals surface area contributed by atoms with Crippen LogP contribution in [0, 0.1) is 0 Å². The maximum Gasteiger partial charge on any atom is 0.0594 e. The number of likely N-dealkylation sites (N-methyl/N-ethyl adjacent to an activating group) is 1. The SMILES string of the molecule is CCNCCOC1CCCC1.[HH]. The molecule has 0 aliphatic heterocycles. The maximum absolute atomic E-state index is 5.64. The van der Waals surface area contributed by atoms with E-state index in [0.717, 1.165) is 19.7 Å². The van der Waals surface area contributed by atoms with Crippen molar-refractivity contribution in [3.8, 4) is 0 Å². The molecule has 0 amide bonds. The van der Waals surface area contributed by atoms with E-state index < -0.39 is 0 Å². The van der Waals surface area contributed by atoms with Crippen molar-refractivity contribution < 1.29 is 6.16 Å². The number of hydrogen-bond acceptors (Lipinski definition) is 2. The zero-order chi connectivity index (χ0) is 7.94. The van der Waals surface area contributed by atoms with Crippen molar-refractivity contribution in [2.75, 3.05) is 19.7 Å². The van der Waals surface area contributed by atoms with Crippen LogP contribution < -0.4 is 5.32 Å². The molecule has 0 saturated heterocycles. The molecule has 11 heavy (non-hydrogen) atoms. The van der Waals surface area contributed by atoms with Gasteiger partial charge in [-0.2, -0.15) is 0 Å². The van der Waals surface area contributed by atoms with E-state index in [1.54, 1.807) is 0 Å². The Morgan fingerprint density at radius 3 is 2.82 bits per heavy atom. The highest BCUT2D eigenvalue weighted by Crippen LogP contribution is 2.20. The monoisotopic (exact) mass is 159 g/mol. The molecular formula is C9H21NO. The second-order valence-electron chi connectivity index (χ2n) is 3.13. The molecule has 0 unspecified atom stereocenters. The first-order valence-electron chi connectivity index (χ1n) is 4.76. The van der Waals surface area contributed by atoms with E-state index in [9.17, 15) is 0 Å². The highest BCUT2D eigenvalue weighted by Gasteiger charge is 2.14. The van der Waals surface area contributed by atoms with Gasteiger partial charge in [0.2, 0.25) is 0 Å². The van der Waals surface area contributed by atoms with Crippen LogP contribution in [0.5, 0.6) is 0 Å². The van der Waals surface area contributed by atoms with Gasteiger partial charge in [0.1, 0.15) is 0 Å². The molecule has 1 aliphatic rings. The van der Waals surface area contributed by atoms with Gasteiger partial charge in [-0.3, -0.25) is 0 Å². The molecule has 0 spiro atoms. The first kappa shape index (κ1) is 9.01. The Balaban J connectivity index is 0.00000121. The molecule has 0 radical (unpaired) electrons. The fourth-order valence-electron chi connectivity index (χ4n) is 1.53. The summed E-state index contributed by atoms with van der Waals surface area (Å²) in [6.45, 7) is 5.06. The fraction of sp³-hybridized carbons (Fsp3) is 1.00. The molecule has 0 heterocycles. The van der Waals surface area contributed by atoms with Gasteiger partial charge in [-0.1, -0.05) is 19.8 Å². The van der Waals surface area contributed by atoms with Gasteiger partial charge in [-0.05, 0) is 19.4 Å². The molecule has 1 rings (SSSR count). The third-order valence-corrected chi connectivity index (χ3v) is 2.18. The van der Waals surface area contributed by atoms with E-state index in [0.29, 0.717) is 6.10 Å². The number of ether oxygens (including phenoxy) is 1. The van der Waals surface area contributed by atoms with Gasteiger partial charge in [0, 0.05) is 7.97 Å². The van der Waals surface area contributed by atoms with E-state index in [2.05, 4.69) is 12.2 Å². The summed E-state index contributed by atoms with van der Waals surface area (Å²) in [6.07, 6.45) is 5.88. The zero-order valence-corrected chi connectivity index (χ0v) is 7.44. The third kappa shape index (κ3) is 3.73. The molecule has 1 aliphatic carbocycles. The first-order valence-corrected chi connectivity index (χ1v) is 4.76. The molecular weight excluding hydrogens is 138 g/mol. The largest absolute Gasteiger partial charge is 0.377 e. The van der Waals surface area contributed by atoms with E-state index in [-0.39, 0.29) is 1.43 Å². The fourth-order valence-corrected chi connectivity index (χ4v) is 1.53. The summed E-state index contributed by atoms with van der Waals surface area (Å²) >= 11 is 0. The van der Waals surface area contributed by atoms with Crippen molar-refractivity contribution in [2.45, 2.75) is 38.7 Å². The Hall–Kier alpha value is -0.0800. The predicted molar refractivity (Wildman–Crippen MR) is 48.9 cm³/mol. The standard InChI is InChI=1S/C9H19NO.H2/c1-2-10-7-8-11-9-5-3-4-6-9;/h9-10H,2-8H2,1H3;1H. The van der Waals surface area contributed by atoms with Crippen molar-refractivity contribution in [3.63, 3.8) is 0 Å². The van der Waals surface area contributed by atoms with E-state index in [1.165, 1.54) is 25.7 Å². The first-order chi connectivity index (χ1) is 5.43. The Kier molecular flexibility index (Phi) is 4.55. The summed E-state index contributed by atoms with van der Waals surface area (Å²) in [5.41, 5.74) is 0. The summed E-state index contributed by atoms with van der Waals surface area (Å²) in [6, 6.07) is 0. The van der Waals surface area contributed by atoms with Crippen LogP contribution in [0.1, 0.15) is 34.0 Å². The highest BCUT2D eigenvalue weighted by molar-refractivity contribution is 4.66. The van der Waals surface area contributed by atoms with Crippen molar-refractivity contribution in [1.29, 1.82) is 0 Å². The molecule has 2 heteroatoms. The summed E-state index contributed by atoms with van der Waals surface area (Å²) in [7, 11) is 0. The summed E-state index contributed by atoms with van der Waals surface area (Å²) in [5.74, 6) is 0. The zero-order valence-electron chi connectivity index (χ0n) is 7.44. The molecule has 2 nitrogen and oxygen atoms in total. The average molecular weight is 159 g/mol. The Labute approximate surface area is 70.8 Å². The minimum Gasteiger partial charge on any atom is -0.377 e. The molecule has 0 bridgehead atoms. The van der Waals surface area contributed by atoms with Gasteiger partial charge in [-0.15, -0.1) is 0 Å². The minimum absolute atomic E-state index is 0. The Bertz CT molecular complexity index is 94.5. The van der Waals surface area contributed by atoms with Crippen molar-refractivity contribution in [3.05, 3.63) is 0 Å². The van der Waals surface area contributed by atoms with Crippen LogP contribution in [0.2, 0.25) is 0 Å². The summed E-state index contributed by atoms with van der Waals surface area (Å²) in [4.78, 5) is 0. The van der Waals surface area contributed by atoms with Crippen LogP contribution in [0.25, 0.3) is 0 Å². The lowest BCUT2D eigenvalue weighted by Gasteiger charge is -2.10. The Morgan fingerprint density at radius 2 is 2.18 bits per heavy atom. The highest BCUT2D eigenvalue weighted by atomic mass is 16.5. The maximum atomic E-state index is 5.64. The number of hydrogen-bond donors (Lipinski definition) is 1. The van der Waals surface area contributed by atoms with E-state index >= 15 is 0 Å². The van der Waals surface area contributed by atoms with Crippen LogP contribution in [0.15, 0.2) is 0 Å². The molecule has 68 valence electrons. The topological polar surface area (TPSA) is 21.3 Å². The van der Waals surface area contributed by atoms with Crippen LogP contribution in [0.4, 0.5) is 0 Å². The average Bonchev–Trinajstić information content (AvgIpc) is 2.50. The van der Waals surface area contributed by atoms with Crippen LogP contribution in [-0.4, -0.2) is 25.8 Å². The van der Waals surface area contributed by atoms with Crippen LogP contribution in [-0.2, 0) is 4.74 Å². The molecule has 1 saturated carbocycles. The second kappa shape index (κ2) is 5.56. The third-order valence-electron chi connectivity index (χ3n) is 2.18. The van der Waals surface area contributed by atoms with E-state index in [1.807, 2.05) is 0 Å². The van der Waals surface area contributed by atoms with Gasteiger partial charge in [0.05, 0.1) is 12.7 Å². The van der Waals surface area contributed by atoms with Crippen LogP contribution in [0.3, 0.4) is 0 Å². The summed E-state index contributed by atoms with van der Waals surface area (Å²) in [5, 5.41) is 3.25. The van der Waals surface area contributed by atoms with Gasteiger partial charge < -0.3 is 10.1 Å². The van der Waals surface area contributed by atoms with Crippen molar-refractivity contribution in [1.82, 2.24) is 5.32 Å². The molecule has 1 N–H and O–H groups in total. The quantitative estimate of drug-likeness (QED) is 0.618. The second-order valence-corrected chi connectivity index (χ2v) is 3.13. The lowest BCUT2D eigenvalue weighted by atomic mass is 10.3. The van der Waals surface area contributed by atoms with Gasteiger partial charge in [-0.25, -0.2) is 0 Å². The normalized spacial score (nSPS) is 19.4. The smallest absolute Gasteiger partial charge is 0.0594 e. The van der Waals surface area contributed by atoms with Gasteiger partial charge in [0.25, 0.3) is 0 Å². The molecule has 0 aromatic rings. The van der Waals surface area contributed by atoms with Gasteiger partial charge >= 0.3 is 0 Å². The molecule has 0 aromatic heterocycles. The van der Waals surface area contributed by atoms with Crippen molar-refractivity contribution >= 4 is 0 Å². The predicted octanol–water partition coefficient (Wildman–Crippen LogP) is 1.80.